The molecule has 0 fully saturated rings. The number of aromatic nitrogens is 2. The van der Waals surface area contributed by atoms with Crippen molar-refractivity contribution >= 4 is 11.6 Å². The van der Waals surface area contributed by atoms with Crippen LogP contribution in [0.2, 0.25) is 5.02 Å². The zero-order valence-corrected chi connectivity index (χ0v) is 9.01. The van der Waals surface area contributed by atoms with Crippen molar-refractivity contribution in [2.45, 2.75) is 6.36 Å². The van der Waals surface area contributed by atoms with Gasteiger partial charge in [-0.1, -0.05) is 17.7 Å². The van der Waals surface area contributed by atoms with Crippen LogP contribution in [0.15, 0.2) is 30.6 Å². The van der Waals surface area contributed by atoms with Gasteiger partial charge in [-0.3, -0.25) is 5.10 Å². The second kappa shape index (κ2) is 4.29. The van der Waals surface area contributed by atoms with Crippen molar-refractivity contribution in [3.8, 4) is 16.9 Å². The average Bonchev–Trinajstić information content (AvgIpc) is 2.72. The van der Waals surface area contributed by atoms with Gasteiger partial charge in [-0.25, -0.2) is 0 Å². The molecule has 0 aliphatic carbocycles. The lowest BCUT2D eigenvalue weighted by Gasteiger charge is -2.10. The van der Waals surface area contributed by atoms with E-state index in [9.17, 15) is 13.2 Å². The number of rotatable bonds is 2. The molecule has 0 radical (unpaired) electrons. The van der Waals surface area contributed by atoms with Crippen LogP contribution in [-0.2, 0) is 0 Å². The summed E-state index contributed by atoms with van der Waals surface area (Å²) in [7, 11) is 0. The molecule has 0 aliphatic rings. The van der Waals surface area contributed by atoms with Crippen LogP contribution < -0.4 is 4.74 Å². The molecule has 1 heterocycles. The van der Waals surface area contributed by atoms with Gasteiger partial charge < -0.3 is 4.74 Å². The first kappa shape index (κ1) is 11.8. The van der Waals surface area contributed by atoms with Gasteiger partial charge in [-0.15, -0.1) is 13.2 Å². The predicted octanol–water partition coefficient (Wildman–Crippen LogP) is 3.63. The highest BCUT2D eigenvalue weighted by atomic mass is 35.5. The van der Waals surface area contributed by atoms with E-state index in [1.165, 1.54) is 18.3 Å². The molecule has 0 aliphatic heterocycles. The topological polar surface area (TPSA) is 37.9 Å². The van der Waals surface area contributed by atoms with E-state index in [4.69, 9.17) is 11.6 Å². The fourth-order valence-corrected chi connectivity index (χ4v) is 1.52. The molecule has 1 aromatic carbocycles. The normalized spacial score (nSPS) is 11.5. The Bertz CT molecular complexity index is 511. The van der Waals surface area contributed by atoms with Crippen molar-refractivity contribution in [2.24, 2.45) is 0 Å². The Morgan fingerprint density at radius 2 is 2.00 bits per heavy atom. The second-order valence-electron chi connectivity index (χ2n) is 3.18. The van der Waals surface area contributed by atoms with Gasteiger partial charge >= 0.3 is 6.36 Å². The first-order valence-electron chi connectivity index (χ1n) is 4.50. The predicted molar refractivity (Wildman–Crippen MR) is 55.7 cm³/mol. The monoisotopic (exact) mass is 262 g/mol. The van der Waals surface area contributed by atoms with Crippen molar-refractivity contribution in [3.63, 3.8) is 0 Å². The van der Waals surface area contributed by atoms with Gasteiger partial charge in [0.2, 0.25) is 0 Å². The summed E-state index contributed by atoms with van der Waals surface area (Å²) in [6.45, 7) is 0. The molecular formula is C10H6ClF3N2O. The molecule has 90 valence electrons. The van der Waals surface area contributed by atoms with E-state index in [0.717, 1.165) is 11.6 Å². The molecule has 2 rings (SSSR count). The van der Waals surface area contributed by atoms with E-state index in [1.54, 1.807) is 6.20 Å². The summed E-state index contributed by atoms with van der Waals surface area (Å²) in [5.74, 6) is -0.425. The van der Waals surface area contributed by atoms with Gasteiger partial charge in [0.1, 0.15) is 5.75 Å². The minimum absolute atomic E-state index is 0.110. The summed E-state index contributed by atoms with van der Waals surface area (Å²) >= 11 is 5.70. The highest BCUT2D eigenvalue weighted by molar-refractivity contribution is 6.32. The van der Waals surface area contributed by atoms with E-state index >= 15 is 0 Å². The molecule has 3 nitrogen and oxygen atoms in total. The van der Waals surface area contributed by atoms with Crippen molar-refractivity contribution in [2.75, 3.05) is 0 Å². The Morgan fingerprint density at radius 1 is 1.24 bits per heavy atom. The lowest BCUT2D eigenvalue weighted by atomic mass is 10.1. The minimum Gasteiger partial charge on any atom is -0.404 e. The molecule has 0 saturated carbocycles. The third-order valence-electron chi connectivity index (χ3n) is 1.99. The van der Waals surface area contributed by atoms with E-state index in [0.29, 0.717) is 5.56 Å². The largest absolute Gasteiger partial charge is 0.573 e. The summed E-state index contributed by atoms with van der Waals surface area (Å²) < 4.78 is 39.7. The van der Waals surface area contributed by atoms with Gasteiger partial charge in [0.05, 0.1) is 11.2 Å². The molecule has 0 amide bonds. The Kier molecular flexibility index (Phi) is 2.97. The molecule has 0 spiro atoms. The van der Waals surface area contributed by atoms with Gasteiger partial charge in [-0.2, -0.15) is 5.10 Å². The van der Waals surface area contributed by atoms with Crippen molar-refractivity contribution in [1.29, 1.82) is 0 Å². The van der Waals surface area contributed by atoms with Crippen LogP contribution in [0.25, 0.3) is 11.1 Å². The number of nitrogens with zero attached hydrogens (tertiary/aromatic N) is 1. The maximum absolute atomic E-state index is 12.0. The van der Waals surface area contributed by atoms with E-state index in [2.05, 4.69) is 14.9 Å². The minimum atomic E-state index is -4.75. The number of hydrogen-bond acceptors (Lipinski definition) is 2. The molecule has 0 saturated heterocycles. The third kappa shape index (κ3) is 2.91. The van der Waals surface area contributed by atoms with Crippen molar-refractivity contribution in [1.82, 2.24) is 10.2 Å². The maximum atomic E-state index is 12.0. The van der Waals surface area contributed by atoms with Crippen LogP contribution in [-0.4, -0.2) is 16.6 Å². The Balaban J connectivity index is 2.29. The fourth-order valence-electron chi connectivity index (χ4n) is 1.30. The first-order valence-corrected chi connectivity index (χ1v) is 4.88. The molecular weight excluding hydrogens is 257 g/mol. The lowest BCUT2D eigenvalue weighted by Crippen LogP contribution is -2.17. The summed E-state index contributed by atoms with van der Waals surface area (Å²) in [6.07, 6.45) is -1.60. The molecule has 0 atom stereocenters. The van der Waals surface area contributed by atoms with Gasteiger partial charge in [0, 0.05) is 11.8 Å². The van der Waals surface area contributed by atoms with Crippen LogP contribution in [0.5, 0.6) is 5.75 Å². The number of H-pyrrole nitrogens is 1. The Labute approximate surface area is 99.2 Å². The summed E-state index contributed by atoms with van der Waals surface area (Å²) in [4.78, 5) is 0. The molecule has 0 bridgehead atoms. The van der Waals surface area contributed by atoms with Crippen LogP contribution in [0, 0.1) is 0 Å². The summed E-state index contributed by atoms with van der Waals surface area (Å²) in [5.41, 5.74) is 1.38. The van der Waals surface area contributed by atoms with Gasteiger partial charge in [0.25, 0.3) is 0 Å². The number of benzene rings is 1. The second-order valence-corrected chi connectivity index (χ2v) is 3.59. The lowest BCUT2D eigenvalue weighted by molar-refractivity contribution is -0.274. The molecule has 1 aromatic heterocycles. The standard InChI is InChI=1S/C10H6ClF3N2O/c11-8-3-6(7-4-15-16-5-7)1-2-9(8)17-10(12,13)14/h1-5H,(H,15,16). The van der Waals surface area contributed by atoms with Crippen LogP contribution in [0.3, 0.4) is 0 Å². The maximum Gasteiger partial charge on any atom is 0.573 e. The molecule has 0 unspecified atom stereocenters. The number of hydrogen-bond donors (Lipinski definition) is 1. The zero-order chi connectivity index (χ0) is 12.5. The summed E-state index contributed by atoms with van der Waals surface area (Å²) in [5, 5.41) is 6.22. The first-order chi connectivity index (χ1) is 7.96. The van der Waals surface area contributed by atoms with E-state index < -0.39 is 12.1 Å². The zero-order valence-electron chi connectivity index (χ0n) is 8.25. The summed E-state index contributed by atoms with van der Waals surface area (Å²) in [6, 6.07) is 4.02. The molecule has 1 N–H and O–H groups in total. The van der Waals surface area contributed by atoms with Crippen LogP contribution in [0.4, 0.5) is 13.2 Å². The van der Waals surface area contributed by atoms with Gasteiger partial charge in [0.15, 0.2) is 0 Å². The van der Waals surface area contributed by atoms with Gasteiger partial charge in [-0.05, 0) is 17.7 Å². The van der Waals surface area contributed by atoms with Crippen molar-refractivity contribution < 1.29 is 17.9 Å². The number of alkyl halides is 3. The van der Waals surface area contributed by atoms with E-state index in [-0.39, 0.29) is 5.02 Å². The van der Waals surface area contributed by atoms with E-state index in [1.807, 2.05) is 0 Å². The third-order valence-corrected chi connectivity index (χ3v) is 2.28. The Morgan fingerprint density at radius 3 is 2.53 bits per heavy atom. The molecule has 17 heavy (non-hydrogen) atoms. The van der Waals surface area contributed by atoms with Crippen molar-refractivity contribution in [3.05, 3.63) is 35.6 Å². The fraction of sp³-hybridized carbons (Fsp3) is 0.100. The van der Waals surface area contributed by atoms with Crippen LogP contribution in [0.1, 0.15) is 0 Å². The highest BCUT2D eigenvalue weighted by Crippen LogP contribution is 2.33. The number of halogens is 4. The smallest absolute Gasteiger partial charge is 0.404 e. The number of nitrogens with one attached hydrogen (secondary N) is 1. The Hall–Kier alpha value is -1.69. The SMILES string of the molecule is FC(F)(F)Oc1ccc(-c2cn[nH]c2)cc1Cl. The number of aromatic amines is 1. The molecule has 2 aromatic rings. The van der Waals surface area contributed by atoms with Crippen LogP contribution >= 0.6 is 11.6 Å². The number of ether oxygens (including phenoxy) is 1. The quantitative estimate of drug-likeness (QED) is 0.897. The highest BCUT2D eigenvalue weighted by Gasteiger charge is 2.32. The molecule has 7 heteroatoms. The average molecular weight is 263 g/mol.